The van der Waals surface area contributed by atoms with E-state index in [1.54, 1.807) is 0 Å². The molecule has 104 valence electrons. The van der Waals surface area contributed by atoms with Gasteiger partial charge in [0.25, 0.3) is 11.1 Å². The summed E-state index contributed by atoms with van der Waals surface area (Å²) in [5.74, 6) is -1.06. The van der Waals surface area contributed by atoms with E-state index in [0.29, 0.717) is 0 Å². The fourth-order valence-corrected chi connectivity index (χ4v) is 1.71. The lowest BCUT2D eigenvalue weighted by atomic mass is 10.1. The Labute approximate surface area is 116 Å². The number of halogens is 1. The summed E-state index contributed by atoms with van der Waals surface area (Å²) in [6, 6.07) is 3.52. The quantitative estimate of drug-likeness (QED) is 0.587. The largest absolute Gasteiger partial charge is 0.325 e. The van der Waals surface area contributed by atoms with Crippen LogP contribution in [0.25, 0.3) is 10.8 Å². The van der Waals surface area contributed by atoms with Crippen molar-refractivity contribution in [3.63, 3.8) is 0 Å². The van der Waals surface area contributed by atoms with Crippen molar-refractivity contribution in [2.75, 3.05) is 11.2 Å². The Balaban J connectivity index is 2.43. The predicted molar refractivity (Wildman–Crippen MR) is 73.1 cm³/mol. The van der Waals surface area contributed by atoms with Crippen LogP contribution in [0.3, 0.4) is 0 Å². The minimum absolute atomic E-state index is 0.0183. The Kier molecular flexibility index (Phi) is 3.85. The number of aromatic nitrogens is 2. The number of hydrogen-bond acceptors (Lipinski definition) is 4. The summed E-state index contributed by atoms with van der Waals surface area (Å²) in [4.78, 5) is 45.8. The SMILES string of the molecule is O=C(CCl)NC(=O)Nc1cccc2c(=O)[nH][nH]c(=O)c12. The van der Waals surface area contributed by atoms with Gasteiger partial charge >= 0.3 is 6.03 Å². The maximum Gasteiger partial charge on any atom is 0.325 e. The van der Waals surface area contributed by atoms with Crippen LogP contribution in [0, 0.1) is 0 Å². The molecule has 8 nitrogen and oxygen atoms in total. The molecule has 0 saturated heterocycles. The number of alkyl halides is 1. The summed E-state index contributed by atoms with van der Waals surface area (Å²) in [5.41, 5.74) is -0.964. The average molecular weight is 297 g/mol. The average Bonchev–Trinajstić information content (AvgIpc) is 2.42. The number of hydrogen-bond donors (Lipinski definition) is 4. The van der Waals surface area contributed by atoms with Crippen LogP contribution in [0.5, 0.6) is 0 Å². The van der Waals surface area contributed by atoms with E-state index in [9.17, 15) is 19.2 Å². The van der Waals surface area contributed by atoms with Gasteiger partial charge in [-0.3, -0.25) is 29.9 Å². The van der Waals surface area contributed by atoms with Gasteiger partial charge < -0.3 is 5.32 Å². The first kappa shape index (κ1) is 13.8. The molecule has 9 heteroatoms. The Morgan fingerprint density at radius 2 is 1.85 bits per heavy atom. The lowest BCUT2D eigenvalue weighted by molar-refractivity contribution is -0.117. The van der Waals surface area contributed by atoms with Gasteiger partial charge in [-0.05, 0) is 12.1 Å². The molecule has 0 bridgehead atoms. The molecule has 2 rings (SSSR count). The fourth-order valence-electron chi connectivity index (χ4n) is 1.65. The molecule has 4 N–H and O–H groups in total. The molecule has 0 radical (unpaired) electrons. The summed E-state index contributed by atoms with van der Waals surface area (Å²) in [6.07, 6.45) is 0. The standard InChI is InChI=1S/C11H9ClN4O4/c12-4-7(17)14-11(20)13-6-3-1-2-5-8(6)10(19)16-15-9(5)18/h1-3H,4H2,(H,15,18)(H,16,19)(H2,13,14,17,20). The smallest absolute Gasteiger partial charge is 0.307 e. The zero-order valence-electron chi connectivity index (χ0n) is 9.95. The zero-order valence-corrected chi connectivity index (χ0v) is 10.7. The second-order valence-electron chi connectivity index (χ2n) is 3.77. The number of nitrogens with one attached hydrogen (secondary N) is 4. The van der Waals surface area contributed by atoms with Crippen molar-refractivity contribution in [1.82, 2.24) is 15.5 Å². The third-order valence-electron chi connectivity index (χ3n) is 2.45. The monoisotopic (exact) mass is 296 g/mol. The summed E-state index contributed by atoms with van der Waals surface area (Å²) in [7, 11) is 0. The van der Waals surface area contributed by atoms with Gasteiger partial charge in [-0.2, -0.15) is 0 Å². The van der Waals surface area contributed by atoms with Gasteiger partial charge in [0, 0.05) is 0 Å². The number of urea groups is 1. The summed E-state index contributed by atoms with van der Waals surface area (Å²) in [5, 5.41) is 8.74. The Bertz CT molecular complexity index is 795. The molecule has 0 spiro atoms. The van der Waals surface area contributed by atoms with Crippen molar-refractivity contribution in [2.24, 2.45) is 0 Å². The first-order chi connectivity index (χ1) is 9.52. The molecule has 0 aliphatic carbocycles. The van der Waals surface area contributed by atoms with E-state index in [0.717, 1.165) is 0 Å². The molecule has 0 fully saturated rings. The van der Waals surface area contributed by atoms with E-state index in [4.69, 9.17) is 11.6 Å². The first-order valence-electron chi connectivity index (χ1n) is 5.43. The molecule has 20 heavy (non-hydrogen) atoms. The van der Waals surface area contributed by atoms with E-state index in [1.165, 1.54) is 18.2 Å². The number of imide groups is 1. The Hall–Kier alpha value is -2.61. The van der Waals surface area contributed by atoms with Crippen LogP contribution < -0.4 is 21.8 Å². The highest BCUT2D eigenvalue weighted by atomic mass is 35.5. The van der Waals surface area contributed by atoms with Gasteiger partial charge in [0.15, 0.2) is 0 Å². The number of rotatable bonds is 2. The number of fused-ring (bicyclic) bond motifs is 1. The molecule has 0 unspecified atom stereocenters. The summed E-state index contributed by atoms with van der Waals surface area (Å²) < 4.78 is 0. The van der Waals surface area contributed by atoms with Gasteiger partial charge in [-0.1, -0.05) is 6.07 Å². The van der Waals surface area contributed by atoms with Crippen LogP contribution in [0.4, 0.5) is 10.5 Å². The van der Waals surface area contributed by atoms with Crippen molar-refractivity contribution in [2.45, 2.75) is 0 Å². The van der Waals surface area contributed by atoms with Crippen LogP contribution in [-0.2, 0) is 4.79 Å². The number of carbonyl (C=O) groups is 2. The topological polar surface area (TPSA) is 124 Å². The van der Waals surface area contributed by atoms with E-state index in [-0.39, 0.29) is 22.3 Å². The number of amides is 3. The maximum atomic E-state index is 11.7. The van der Waals surface area contributed by atoms with Crippen LogP contribution in [-0.4, -0.2) is 28.0 Å². The Morgan fingerprint density at radius 1 is 1.15 bits per heavy atom. The highest BCUT2D eigenvalue weighted by Gasteiger charge is 2.12. The molecular formula is C11H9ClN4O4. The van der Waals surface area contributed by atoms with E-state index >= 15 is 0 Å². The number of anilines is 1. The third kappa shape index (κ3) is 2.69. The molecule has 0 saturated carbocycles. The minimum Gasteiger partial charge on any atom is -0.307 e. The van der Waals surface area contributed by atoms with Crippen LogP contribution >= 0.6 is 11.6 Å². The predicted octanol–water partition coefficient (Wildman–Crippen LogP) is 0.103. The highest BCUT2D eigenvalue weighted by molar-refractivity contribution is 6.28. The summed E-state index contributed by atoms with van der Waals surface area (Å²) >= 11 is 5.25. The molecule has 1 heterocycles. The van der Waals surface area contributed by atoms with Crippen LogP contribution in [0.2, 0.25) is 0 Å². The van der Waals surface area contributed by atoms with Crippen molar-refractivity contribution >= 4 is 40.0 Å². The van der Waals surface area contributed by atoms with Crippen LogP contribution in [0.15, 0.2) is 27.8 Å². The van der Waals surface area contributed by atoms with Gasteiger partial charge in [0.1, 0.15) is 5.88 Å². The minimum atomic E-state index is -0.845. The zero-order chi connectivity index (χ0) is 14.7. The fraction of sp³-hybridized carbons (Fsp3) is 0.0909. The molecule has 0 atom stereocenters. The molecule has 0 aliphatic rings. The number of benzene rings is 1. The second-order valence-corrected chi connectivity index (χ2v) is 4.04. The van der Waals surface area contributed by atoms with E-state index < -0.39 is 23.1 Å². The van der Waals surface area contributed by atoms with Crippen LogP contribution in [0.1, 0.15) is 0 Å². The van der Waals surface area contributed by atoms with Gasteiger partial charge in [-0.15, -0.1) is 11.6 Å². The number of aromatic amines is 2. The maximum absolute atomic E-state index is 11.7. The van der Waals surface area contributed by atoms with E-state index in [2.05, 4.69) is 15.5 Å². The molecule has 3 amide bonds. The van der Waals surface area contributed by atoms with Gasteiger partial charge in [-0.25, -0.2) is 4.79 Å². The molecular weight excluding hydrogens is 288 g/mol. The normalized spacial score (nSPS) is 10.2. The molecule has 0 aliphatic heterocycles. The molecule has 2 aromatic rings. The van der Waals surface area contributed by atoms with Gasteiger partial charge in [0.05, 0.1) is 16.5 Å². The lowest BCUT2D eigenvalue weighted by Gasteiger charge is -2.07. The van der Waals surface area contributed by atoms with Gasteiger partial charge in [0.2, 0.25) is 5.91 Å². The number of carbonyl (C=O) groups excluding carboxylic acids is 2. The van der Waals surface area contributed by atoms with Crippen molar-refractivity contribution in [1.29, 1.82) is 0 Å². The number of H-pyrrole nitrogens is 2. The third-order valence-corrected chi connectivity index (χ3v) is 2.69. The Morgan fingerprint density at radius 3 is 2.55 bits per heavy atom. The first-order valence-corrected chi connectivity index (χ1v) is 5.97. The summed E-state index contributed by atoms with van der Waals surface area (Å²) in [6.45, 7) is 0. The van der Waals surface area contributed by atoms with E-state index in [1.807, 2.05) is 5.32 Å². The van der Waals surface area contributed by atoms with Crippen molar-refractivity contribution in [3.05, 3.63) is 38.9 Å². The molecule has 1 aromatic carbocycles. The van der Waals surface area contributed by atoms with Crippen molar-refractivity contribution < 1.29 is 9.59 Å². The lowest BCUT2D eigenvalue weighted by Crippen LogP contribution is -2.35. The second kappa shape index (κ2) is 5.57. The van der Waals surface area contributed by atoms with Crippen molar-refractivity contribution in [3.8, 4) is 0 Å². The highest BCUT2D eigenvalue weighted by Crippen LogP contribution is 2.16. The molecule has 1 aromatic heterocycles.